The number of nitrogens with one attached hydrogen (secondary N) is 2. The zero-order valence-corrected chi connectivity index (χ0v) is 18.5. The van der Waals surface area contributed by atoms with Crippen molar-refractivity contribution in [3.05, 3.63) is 77.5 Å². The van der Waals surface area contributed by atoms with E-state index in [4.69, 9.17) is 0 Å². The molecular formula is C25H24N6O2. The molecule has 0 bridgehead atoms. The molecule has 0 atom stereocenters. The number of aromatic nitrogens is 4. The average molecular weight is 441 g/mol. The van der Waals surface area contributed by atoms with E-state index in [2.05, 4.69) is 31.3 Å². The van der Waals surface area contributed by atoms with Gasteiger partial charge in [0.05, 0.1) is 29.2 Å². The highest BCUT2D eigenvalue weighted by molar-refractivity contribution is 6.07. The van der Waals surface area contributed by atoms with Gasteiger partial charge in [-0.1, -0.05) is 12.1 Å². The van der Waals surface area contributed by atoms with Crippen LogP contribution in [0.4, 0.5) is 5.69 Å². The lowest BCUT2D eigenvalue weighted by Crippen LogP contribution is -2.32. The summed E-state index contributed by atoms with van der Waals surface area (Å²) in [6, 6.07) is 13.6. The van der Waals surface area contributed by atoms with E-state index in [0.29, 0.717) is 30.8 Å². The second kappa shape index (κ2) is 8.38. The predicted octanol–water partition coefficient (Wildman–Crippen LogP) is 3.16. The van der Waals surface area contributed by atoms with E-state index < -0.39 is 0 Å². The average Bonchev–Trinajstić information content (AvgIpc) is 3.32. The van der Waals surface area contributed by atoms with Crippen LogP contribution in [0.2, 0.25) is 0 Å². The van der Waals surface area contributed by atoms with Crippen LogP contribution in [-0.4, -0.2) is 38.2 Å². The molecular weight excluding hydrogens is 416 g/mol. The fourth-order valence-corrected chi connectivity index (χ4v) is 4.63. The quantitative estimate of drug-likeness (QED) is 0.451. The van der Waals surface area contributed by atoms with Crippen LogP contribution in [0.25, 0.3) is 22.4 Å². The van der Waals surface area contributed by atoms with Crippen LogP contribution in [0.15, 0.2) is 54.9 Å². The number of anilines is 1. The Morgan fingerprint density at radius 2 is 1.94 bits per heavy atom. The van der Waals surface area contributed by atoms with Crippen molar-refractivity contribution in [2.45, 2.75) is 19.9 Å². The summed E-state index contributed by atoms with van der Waals surface area (Å²) in [5.74, 6) is -0.0877. The van der Waals surface area contributed by atoms with Crippen LogP contribution < -0.4 is 10.6 Å². The maximum atomic E-state index is 13.2. The van der Waals surface area contributed by atoms with E-state index in [9.17, 15) is 9.59 Å². The van der Waals surface area contributed by atoms with E-state index >= 15 is 0 Å². The zero-order chi connectivity index (χ0) is 22.9. The van der Waals surface area contributed by atoms with Crippen LogP contribution >= 0.6 is 0 Å². The van der Waals surface area contributed by atoms with Gasteiger partial charge in [-0.15, -0.1) is 0 Å². The first-order valence-electron chi connectivity index (χ1n) is 10.8. The van der Waals surface area contributed by atoms with Gasteiger partial charge in [-0.2, -0.15) is 5.10 Å². The van der Waals surface area contributed by atoms with Gasteiger partial charge < -0.3 is 15.2 Å². The Morgan fingerprint density at radius 3 is 2.67 bits per heavy atom. The van der Waals surface area contributed by atoms with E-state index in [0.717, 1.165) is 45.9 Å². The molecule has 0 radical (unpaired) electrons. The predicted molar refractivity (Wildman–Crippen MR) is 126 cm³/mol. The van der Waals surface area contributed by atoms with Gasteiger partial charge in [0.2, 0.25) is 6.41 Å². The summed E-state index contributed by atoms with van der Waals surface area (Å²) in [5, 5.41) is 10.2. The van der Waals surface area contributed by atoms with Crippen LogP contribution in [0.5, 0.6) is 0 Å². The van der Waals surface area contributed by atoms with Gasteiger partial charge in [0.1, 0.15) is 0 Å². The van der Waals surface area contributed by atoms with E-state index in [1.165, 1.54) is 0 Å². The highest BCUT2D eigenvalue weighted by Crippen LogP contribution is 2.41. The molecule has 0 fully saturated rings. The number of rotatable bonds is 6. The smallest absolute Gasteiger partial charge is 0.253 e. The molecule has 8 nitrogen and oxygen atoms in total. The molecule has 0 saturated heterocycles. The summed E-state index contributed by atoms with van der Waals surface area (Å²) in [5.41, 5.74) is 7.96. The highest BCUT2D eigenvalue weighted by atomic mass is 16.1. The molecule has 3 aromatic heterocycles. The van der Waals surface area contributed by atoms with Gasteiger partial charge in [0, 0.05) is 54.9 Å². The Kier molecular flexibility index (Phi) is 5.26. The van der Waals surface area contributed by atoms with Crippen molar-refractivity contribution in [2.75, 3.05) is 11.9 Å². The zero-order valence-electron chi connectivity index (χ0n) is 18.5. The van der Waals surface area contributed by atoms with E-state index in [-0.39, 0.29) is 5.91 Å². The third-order valence-corrected chi connectivity index (χ3v) is 6.00. The standard InChI is InChI=1S/C25H24N6O2/c1-16-12-20(30(2)29-16)14-31-21-8-11-27-25(33)23(21)22(24(31)17-6-9-26-10-7-17)18-4-3-5-19(13-18)28-15-32/h3-7,9-10,12-13,15H,8,11,14H2,1-2H3,(H,27,33)(H,28,32). The summed E-state index contributed by atoms with van der Waals surface area (Å²) >= 11 is 0. The Hall–Kier alpha value is -4.20. The third-order valence-electron chi connectivity index (χ3n) is 6.00. The molecule has 5 rings (SSSR count). The topological polar surface area (TPSA) is 93.8 Å². The first-order chi connectivity index (χ1) is 16.1. The van der Waals surface area contributed by atoms with Gasteiger partial charge in [0.15, 0.2) is 0 Å². The number of nitrogens with zero attached hydrogens (tertiary/aromatic N) is 4. The van der Waals surface area contributed by atoms with Crippen molar-refractivity contribution in [1.82, 2.24) is 24.6 Å². The number of pyridine rings is 1. The fraction of sp³-hybridized carbons (Fsp3) is 0.200. The molecule has 1 aromatic carbocycles. The molecule has 166 valence electrons. The molecule has 0 unspecified atom stereocenters. The van der Waals surface area contributed by atoms with Gasteiger partial charge >= 0.3 is 0 Å². The van der Waals surface area contributed by atoms with Gasteiger partial charge in [-0.25, -0.2) is 0 Å². The lowest BCUT2D eigenvalue weighted by molar-refractivity contribution is -0.105. The lowest BCUT2D eigenvalue weighted by atomic mass is 9.95. The number of fused-ring (bicyclic) bond motifs is 1. The van der Waals surface area contributed by atoms with Crippen LogP contribution in [-0.2, 0) is 24.8 Å². The first kappa shape index (κ1) is 20.7. The minimum atomic E-state index is -0.0877. The summed E-state index contributed by atoms with van der Waals surface area (Å²) in [4.78, 5) is 28.4. The molecule has 1 aliphatic rings. The van der Waals surface area contributed by atoms with Crippen molar-refractivity contribution in [1.29, 1.82) is 0 Å². The number of hydrogen-bond acceptors (Lipinski definition) is 4. The van der Waals surface area contributed by atoms with Crippen molar-refractivity contribution >= 4 is 18.0 Å². The number of carbonyl (C=O) groups is 2. The Balaban J connectivity index is 1.82. The number of benzene rings is 1. The van der Waals surface area contributed by atoms with Crippen LogP contribution in [0, 0.1) is 6.92 Å². The molecule has 4 aromatic rings. The molecule has 1 aliphatic heterocycles. The summed E-state index contributed by atoms with van der Waals surface area (Å²) in [6.07, 6.45) is 4.89. The van der Waals surface area contributed by atoms with Gasteiger partial charge in [-0.3, -0.25) is 19.3 Å². The summed E-state index contributed by atoms with van der Waals surface area (Å²) in [6.45, 7) is 3.14. The SMILES string of the molecule is Cc1cc(Cn2c3c(c(-c4cccc(NC=O)c4)c2-c2ccncc2)C(=O)NCC3)n(C)n1. The van der Waals surface area contributed by atoms with Crippen molar-refractivity contribution in [3.63, 3.8) is 0 Å². The summed E-state index contributed by atoms with van der Waals surface area (Å²) < 4.78 is 4.12. The number of aryl methyl sites for hydroxylation is 2. The number of amides is 2. The maximum absolute atomic E-state index is 13.2. The van der Waals surface area contributed by atoms with Gasteiger partial charge in [-0.05, 0) is 42.8 Å². The molecule has 0 aliphatic carbocycles. The van der Waals surface area contributed by atoms with Crippen LogP contribution in [0.3, 0.4) is 0 Å². The fourth-order valence-electron chi connectivity index (χ4n) is 4.63. The largest absolute Gasteiger partial charge is 0.352 e. The monoisotopic (exact) mass is 440 g/mol. The molecule has 2 N–H and O–H groups in total. The minimum Gasteiger partial charge on any atom is -0.352 e. The number of carbonyl (C=O) groups excluding carboxylic acids is 2. The lowest BCUT2D eigenvalue weighted by Gasteiger charge is -2.17. The number of hydrogen-bond donors (Lipinski definition) is 2. The molecule has 8 heteroatoms. The van der Waals surface area contributed by atoms with Crippen molar-refractivity contribution < 1.29 is 9.59 Å². The minimum absolute atomic E-state index is 0.0877. The van der Waals surface area contributed by atoms with E-state index in [1.807, 2.05) is 55.1 Å². The second-order valence-electron chi connectivity index (χ2n) is 8.12. The van der Waals surface area contributed by atoms with Crippen molar-refractivity contribution in [2.24, 2.45) is 7.05 Å². The first-order valence-corrected chi connectivity index (χ1v) is 10.8. The molecule has 4 heterocycles. The maximum Gasteiger partial charge on any atom is 0.253 e. The second-order valence-corrected chi connectivity index (χ2v) is 8.12. The van der Waals surface area contributed by atoms with E-state index in [1.54, 1.807) is 12.4 Å². The molecule has 0 spiro atoms. The normalized spacial score (nSPS) is 12.8. The van der Waals surface area contributed by atoms with Crippen LogP contribution in [0.1, 0.15) is 27.4 Å². The Labute approximate surface area is 191 Å². The third kappa shape index (κ3) is 3.69. The molecule has 0 saturated carbocycles. The molecule has 2 amide bonds. The Bertz CT molecular complexity index is 1350. The van der Waals surface area contributed by atoms with Crippen molar-refractivity contribution in [3.8, 4) is 22.4 Å². The highest BCUT2D eigenvalue weighted by Gasteiger charge is 2.31. The van der Waals surface area contributed by atoms with Gasteiger partial charge in [0.25, 0.3) is 5.91 Å². The molecule has 33 heavy (non-hydrogen) atoms. The summed E-state index contributed by atoms with van der Waals surface area (Å²) in [7, 11) is 1.94. The Morgan fingerprint density at radius 1 is 1.12 bits per heavy atom.